The lowest BCUT2D eigenvalue weighted by Gasteiger charge is -2.31. The molecule has 0 N–H and O–H groups in total. The normalized spacial score (nSPS) is 15.4. The number of benzene rings is 1. The molecule has 7 nitrogen and oxygen atoms in total. The molecule has 0 radical (unpaired) electrons. The fourth-order valence-electron chi connectivity index (χ4n) is 3.51. The van der Waals surface area contributed by atoms with Crippen LogP contribution in [0.4, 0.5) is 9.52 Å². The first kappa shape index (κ1) is 18.9. The zero-order valence-corrected chi connectivity index (χ0v) is 16.5. The lowest BCUT2D eigenvalue weighted by molar-refractivity contribution is 0.201. The molecule has 0 unspecified atom stereocenters. The minimum atomic E-state index is -0.383. The summed E-state index contributed by atoms with van der Waals surface area (Å²) in [5.74, 6) is 0.843. The van der Waals surface area contributed by atoms with Crippen LogP contribution in [-0.2, 0) is 17.7 Å². The van der Waals surface area contributed by atoms with Gasteiger partial charge in [0.1, 0.15) is 11.6 Å². The number of methoxy groups -OCH3 is 1. The van der Waals surface area contributed by atoms with Crippen LogP contribution in [0.15, 0.2) is 29.3 Å². The Balaban J connectivity index is 1.39. The van der Waals surface area contributed by atoms with E-state index in [0.717, 1.165) is 43.3 Å². The van der Waals surface area contributed by atoms with Crippen LogP contribution in [0.3, 0.4) is 0 Å². The second-order valence-corrected chi connectivity index (χ2v) is 7.76. The Morgan fingerprint density at radius 1 is 1.32 bits per heavy atom. The minimum Gasteiger partial charge on any atom is -0.384 e. The number of fused-ring (bicyclic) bond motifs is 1. The van der Waals surface area contributed by atoms with Crippen LogP contribution in [0.5, 0.6) is 0 Å². The molecule has 1 aromatic carbocycles. The summed E-state index contributed by atoms with van der Waals surface area (Å²) in [6, 6.07) is 4.11. The fourth-order valence-corrected chi connectivity index (χ4v) is 4.28. The van der Waals surface area contributed by atoms with E-state index >= 15 is 0 Å². The maximum Gasteiger partial charge on any atom is 0.261 e. The summed E-state index contributed by atoms with van der Waals surface area (Å²) in [6.07, 6.45) is 4.20. The van der Waals surface area contributed by atoms with Gasteiger partial charge in [0.25, 0.3) is 5.56 Å². The van der Waals surface area contributed by atoms with Crippen molar-refractivity contribution in [2.24, 2.45) is 5.92 Å². The SMILES string of the molecule is COCCc1nsc(N2CCC(Cn3cnc4cc(F)ccc4c3=O)CC2)n1. The fraction of sp³-hybridized carbons (Fsp3) is 0.474. The van der Waals surface area contributed by atoms with E-state index in [1.54, 1.807) is 11.7 Å². The van der Waals surface area contributed by atoms with Crippen molar-refractivity contribution in [2.75, 3.05) is 31.7 Å². The Morgan fingerprint density at radius 3 is 2.93 bits per heavy atom. The van der Waals surface area contributed by atoms with Crippen molar-refractivity contribution in [3.8, 4) is 0 Å². The number of halogens is 1. The third-order valence-corrected chi connectivity index (χ3v) is 5.93. The lowest BCUT2D eigenvalue weighted by atomic mass is 9.97. The number of ether oxygens (including phenoxy) is 1. The summed E-state index contributed by atoms with van der Waals surface area (Å²) in [7, 11) is 1.67. The minimum absolute atomic E-state index is 0.112. The number of rotatable bonds is 6. The van der Waals surface area contributed by atoms with Gasteiger partial charge in [0, 0.05) is 50.8 Å². The maximum absolute atomic E-state index is 13.3. The molecule has 0 amide bonds. The van der Waals surface area contributed by atoms with Crippen molar-refractivity contribution in [3.63, 3.8) is 0 Å². The van der Waals surface area contributed by atoms with E-state index in [2.05, 4.69) is 19.2 Å². The summed E-state index contributed by atoms with van der Waals surface area (Å²) >= 11 is 1.43. The molecule has 148 valence electrons. The summed E-state index contributed by atoms with van der Waals surface area (Å²) < 4.78 is 24.4. The number of nitrogens with zero attached hydrogens (tertiary/aromatic N) is 5. The average molecular weight is 403 g/mol. The predicted molar refractivity (Wildman–Crippen MR) is 106 cm³/mol. The van der Waals surface area contributed by atoms with E-state index < -0.39 is 0 Å². The number of anilines is 1. The molecule has 4 rings (SSSR count). The van der Waals surface area contributed by atoms with E-state index in [0.29, 0.717) is 30.0 Å². The smallest absolute Gasteiger partial charge is 0.261 e. The molecule has 1 fully saturated rings. The molecule has 1 aliphatic heterocycles. The largest absolute Gasteiger partial charge is 0.384 e. The molecular weight excluding hydrogens is 381 g/mol. The quantitative estimate of drug-likeness (QED) is 0.630. The van der Waals surface area contributed by atoms with Gasteiger partial charge in [-0.2, -0.15) is 4.37 Å². The van der Waals surface area contributed by atoms with Gasteiger partial charge in [-0.15, -0.1) is 0 Å². The van der Waals surface area contributed by atoms with Gasteiger partial charge in [-0.3, -0.25) is 9.36 Å². The highest BCUT2D eigenvalue weighted by atomic mass is 32.1. The van der Waals surface area contributed by atoms with Crippen LogP contribution in [0, 0.1) is 11.7 Å². The van der Waals surface area contributed by atoms with E-state index in [4.69, 9.17) is 4.74 Å². The van der Waals surface area contributed by atoms with Crippen molar-refractivity contribution in [1.82, 2.24) is 18.9 Å². The van der Waals surface area contributed by atoms with Gasteiger partial charge in [0.2, 0.25) is 5.13 Å². The molecule has 1 aliphatic rings. The molecule has 0 aliphatic carbocycles. The van der Waals surface area contributed by atoms with Crippen LogP contribution in [-0.4, -0.2) is 45.7 Å². The molecule has 28 heavy (non-hydrogen) atoms. The van der Waals surface area contributed by atoms with E-state index in [9.17, 15) is 9.18 Å². The Bertz CT molecular complexity index is 1010. The first-order chi connectivity index (χ1) is 13.6. The van der Waals surface area contributed by atoms with Crippen molar-refractivity contribution in [1.29, 1.82) is 0 Å². The lowest BCUT2D eigenvalue weighted by Crippen LogP contribution is -2.36. The Hall–Kier alpha value is -2.39. The highest BCUT2D eigenvalue weighted by Crippen LogP contribution is 2.25. The zero-order valence-electron chi connectivity index (χ0n) is 15.7. The predicted octanol–water partition coefficient (Wildman–Crippen LogP) is 2.49. The maximum atomic E-state index is 13.3. The zero-order chi connectivity index (χ0) is 19.5. The molecule has 0 saturated carbocycles. The van der Waals surface area contributed by atoms with Gasteiger partial charge in [-0.05, 0) is 30.9 Å². The Labute approximate surface area is 166 Å². The summed E-state index contributed by atoms with van der Waals surface area (Å²) in [4.78, 5) is 23.7. The van der Waals surface area contributed by atoms with Crippen molar-refractivity contribution in [2.45, 2.75) is 25.8 Å². The molecule has 1 saturated heterocycles. The van der Waals surface area contributed by atoms with Gasteiger partial charge < -0.3 is 9.64 Å². The topological polar surface area (TPSA) is 73.1 Å². The van der Waals surface area contributed by atoms with Gasteiger partial charge >= 0.3 is 0 Å². The van der Waals surface area contributed by atoms with Crippen LogP contribution in [0.2, 0.25) is 0 Å². The van der Waals surface area contributed by atoms with Crippen molar-refractivity contribution in [3.05, 3.63) is 46.5 Å². The summed E-state index contributed by atoms with van der Waals surface area (Å²) in [6.45, 7) is 3.04. The molecule has 3 heterocycles. The van der Waals surface area contributed by atoms with Gasteiger partial charge in [0.05, 0.1) is 23.8 Å². The third kappa shape index (κ3) is 4.05. The van der Waals surface area contributed by atoms with Crippen molar-refractivity contribution >= 4 is 27.6 Å². The van der Waals surface area contributed by atoms with Crippen LogP contribution in [0.1, 0.15) is 18.7 Å². The Kier molecular flexibility index (Phi) is 5.63. The molecule has 0 spiro atoms. The third-order valence-electron chi connectivity index (χ3n) is 5.11. The first-order valence-corrected chi connectivity index (χ1v) is 10.1. The van der Waals surface area contributed by atoms with E-state index in [1.165, 1.54) is 36.1 Å². The van der Waals surface area contributed by atoms with Gasteiger partial charge in [0.15, 0.2) is 0 Å². The second kappa shape index (κ2) is 8.32. The number of piperidine rings is 1. The van der Waals surface area contributed by atoms with E-state index in [1.807, 2.05) is 0 Å². The first-order valence-electron chi connectivity index (χ1n) is 9.35. The van der Waals surface area contributed by atoms with Gasteiger partial charge in [-0.25, -0.2) is 14.4 Å². The number of hydrogen-bond acceptors (Lipinski definition) is 7. The molecule has 0 atom stereocenters. The molecule has 0 bridgehead atoms. The van der Waals surface area contributed by atoms with Gasteiger partial charge in [-0.1, -0.05) is 0 Å². The van der Waals surface area contributed by atoms with Crippen molar-refractivity contribution < 1.29 is 9.13 Å². The average Bonchev–Trinajstić information content (AvgIpc) is 3.18. The van der Waals surface area contributed by atoms with E-state index in [-0.39, 0.29) is 11.4 Å². The van der Waals surface area contributed by atoms with Crippen LogP contribution < -0.4 is 10.5 Å². The highest BCUT2D eigenvalue weighted by Gasteiger charge is 2.22. The second-order valence-electron chi connectivity index (χ2n) is 7.03. The molecule has 9 heteroatoms. The molecular formula is C19H22FN5O2S. The number of hydrogen-bond donors (Lipinski definition) is 0. The van der Waals surface area contributed by atoms with Crippen LogP contribution >= 0.6 is 11.5 Å². The summed E-state index contributed by atoms with van der Waals surface area (Å²) in [5.41, 5.74) is 0.288. The molecule has 2 aromatic heterocycles. The standard InChI is InChI=1S/C19H22FN5O2S/c1-27-9-6-17-22-19(28-23-17)24-7-4-13(5-8-24)11-25-12-21-16-10-14(20)2-3-15(16)18(25)26/h2-3,10,12-13H,4-9,11H2,1H3. The highest BCUT2D eigenvalue weighted by molar-refractivity contribution is 7.09. The Morgan fingerprint density at radius 2 is 2.14 bits per heavy atom. The molecule has 3 aromatic rings. The number of aromatic nitrogens is 4. The van der Waals surface area contributed by atoms with Crippen LogP contribution in [0.25, 0.3) is 10.9 Å². The monoisotopic (exact) mass is 403 g/mol. The summed E-state index contributed by atoms with van der Waals surface area (Å²) in [5, 5.41) is 1.41.